The van der Waals surface area contributed by atoms with Gasteiger partial charge in [-0.05, 0) is 69.9 Å². The molecule has 136 valence electrons. The fraction of sp³-hybridized carbons (Fsp3) is 0.611. The number of hydrogen-bond acceptors (Lipinski definition) is 2. The normalized spacial score (nSPS) is 15.2. The zero-order valence-corrected chi connectivity index (χ0v) is 17.1. The molecule has 1 aliphatic rings. The zero-order valence-electron chi connectivity index (χ0n) is 14.8. The zero-order chi connectivity index (χ0) is 16.5. The van der Waals surface area contributed by atoms with Gasteiger partial charge in [0.2, 0.25) is 0 Å². The van der Waals surface area contributed by atoms with Gasteiger partial charge in [0.15, 0.2) is 5.96 Å². The molecule has 2 N–H and O–H groups in total. The molecule has 6 heteroatoms. The number of hydrogen-bond donors (Lipinski definition) is 2. The van der Waals surface area contributed by atoms with Gasteiger partial charge in [-0.3, -0.25) is 0 Å². The van der Waals surface area contributed by atoms with Gasteiger partial charge in [-0.25, -0.2) is 9.38 Å². The number of benzene rings is 1. The minimum Gasteiger partial charge on any atom is -0.357 e. The van der Waals surface area contributed by atoms with E-state index in [2.05, 4.69) is 27.4 Å². The highest BCUT2D eigenvalue weighted by Crippen LogP contribution is 2.10. The summed E-state index contributed by atoms with van der Waals surface area (Å²) >= 11 is 0. The van der Waals surface area contributed by atoms with Crippen LogP contribution in [0.4, 0.5) is 4.39 Å². The van der Waals surface area contributed by atoms with Gasteiger partial charge in [0, 0.05) is 13.1 Å². The van der Waals surface area contributed by atoms with Gasteiger partial charge in [0.05, 0.1) is 6.54 Å². The van der Waals surface area contributed by atoms with E-state index in [0.717, 1.165) is 37.6 Å². The van der Waals surface area contributed by atoms with Crippen LogP contribution in [0.5, 0.6) is 0 Å². The van der Waals surface area contributed by atoms with E-state index in [1.807, 2.05) is 6.07 Å². The Bertz CT molecular complexity index is 516. The van der Waals surface area contributed by atoms with Crippen LogP contribution >= 0.6 is 24.0 Å². The van der Waals surface area contributed by atoms with Crippen molar-refractivity contribution in [1.82, 2.24) is 15.5 Å². The van der Waals surface area contributed by atoms with Crippen LogP contribution in [-0.4, -0.2) is 43.6 Å². The molecule has 2 rings (SSSR count). The maximum Gasteiger partial charge on any atom is 0.191 e. The summed E-state index contributed by atoms with van der Waals surface area (Å²) in [7, 11) is 0. The Hall–Kier alpha value is -0.890. The third kappa shape index (κ3) is 7.34. The smallest absolute Gasteiger partial charge is 0.191 e. The number of aliphatic imine (C=N–C) groups is 1. The third-order valence-corrected chi connectivity index (χ3v) is 4.13. The molecule has 1 aliphatic heterocycles. The van der Waals surface area contributed by atoms with E-state index in [0.29, 0.717) is 12.1 Å². The lowest BCUT2D eigenvalue weighted by Gasteiger charge is -2.15. The largest absolute Gasteiger partial charge is 0.357 e. The molecule has 1 aromatic rings. The highest BCUT2D eigenvalue weighted by atomic mass is 127. The van der Waals surface area contributed by atoms with Crippen molar-refractivity contribution in [3.8, 4) is 0 Å². The van der Waals surface area contributed by atoms with Crippen molar-refractivity contribution in [3.63, 3.8) is 0 Å². The maximum atomic E-state index is 13.3. The predicted molar refractivity (Wildman–Crippen MR) is 110 cm³/mol. The van der Waals surface area contributed by atoms with Crippen LogP contribution in [0, 0.1) is 12.7 Å². The second-order valence-corrected chi connectivity index (χ2v) is 6.11. The quantitative estimate of drug-likeness (QED) is 0.291. The van der Waals surface area contributed by atoms with Crippen LogP contribution in [0.25, 0.3) is 0 Å². The van der Waals surface area contributed by atoms with Crippen molar-refractivity contribution in [2.45, 2.75) is 39.7 Å². The summed E-state index contributed by atoms with van der Waals surface area (Å²) < 4.78 is 13.3. The molecule has 0 radical (unpaired) electrons. The van der Waals surface area contributed by atoms with Gasteiger partial charge < -0.3 is 15.5 Å². The summed E-state index contributed by atoms with van der Waals surface area (Å²) in [6.07, 6.45) is 3.81. The Morgan fingerprint density at radius 2 is 2.00 bits per heavy atom. The molecule has 24 heavy (non-hydrogen) atoms. The highest BCUT2D eigenvalue weighted by molar-refractivity contribution is 14.0. The van der Waals surface area contributed by atoms with Crippen LogP contribution in [0.3, 0.4) is 0 Å². The first-order chi connectivity index (χ1) is 11.2. The van der Waals surface area contributed by atoms with Crippen LogP contribution in [0.15, 0.2) is 23.2 Å². The van der Waals surface area contributed by atoms with Crippen molar-refractivity contribution >= 4 is 29.9 Å². The molecule has 0 aromatic heterocycles. The molecule has 1 saturated heterocycles. The van der Waals surface area contributed by atoms with Crippen molar-refractivity contribution in [2.24, 2.45) is 4.99 Å². The molecule has 0 unspecified atom stereocenters. The van der Waals surface area contributed by atoms with Gasteiger partial charge >= 0.3 is 0 Å². The molecule has 0 atom stereocenters. The average molecular weight is 448 g/mol. The molecule has 0 bridgehead atoms. The van der Waals surface area contributed by atoms with E-state index in [9.17, 15) is 4.39 Å². The molecule has 0 aliphatic carbocycles. The lowest BCUT2D eigenvalue weighted by Crippen LogP contribution is -2.38. The standard InChI is InChI=1S/C18H29FN4.HI/c1-3-20-18(21-9-6-12-23-10-4-5-11-23)22-14-16-7-8-17(19)15(2)13-16;/h7-8,13H,3-6,9-12,14H2,1-2H3,(H2,20,21,22);1H. The van der Waals surface area contributed by atoms with Gasteiger partial charge in [0.25, 0.3) is 0 Å². The number of nitrogens with one attached hydrogen (secondary N) is 2. The lowest BCUT2D eigenvalue weighted by atomic mass is 10.1. The second-order valence-electron chi connectivity index (χ2n) is 6.11. The molecule has 0 spiro atoms. The number of aryl methyl sites for hydroxylation is 1. The summed E-state index contributed by atoms with van der Waals surface area (Å²) in [5.41, 5.74) is 1.69. The van der Waals surface area contributed by atoms with Gasteiger partial charge in [-0.1, -0.05) is 12.1 Å². The summed E-state index contributed by atoms with van der Waals surface area (Å²) in [6.45, 7) is 9.81. The number of rotatable bonds is 7. The fourth-order valence-corrected chi connectivity index (χ4v) is 2.83. The van der Waals surface area contributed by atoms with Crippen LogP contribution in [-0.2, 0) is 6.54 Å². The number of likely N-dealkylation sites (tertiary alicyclic amines) is 1. The Labute approximate surface area is 162 Å². The van der Waals surface area contributed by atoms with E-state index in [1.54, 1.807) is 13.0 Å². The minimum atomic E-state index is -0.162. The Balaban J connectivity index is 0.00000288. The number of halogens is 2. The third-order valence-electron chi connectivity index (χ3n) is 4.13. The molecule has 0 saturated carbocycles. The predicted octanol–water partition coefficient (Wildman–Crippen LogP) is 3.29. The molecule has 1 heterocycles. The van der Waals surface area contributed by atoms with Crippen LogP contribution in [0.1, 0.15) is 37.3 Å². The summed E-state index contributed by atoms with van der Waals surface area (Å²) in [4.78, 5) is 7.10. The summed E-state index contributed by atoms with van der Waals surface area (Å²) in [5.74, 6) is 0.667. The molecular weight excluding hydrogens is 418 g/mol. The first-order valence-electron chi connectivity index (χ1n) is 8.68. The monoisotopic (exact) mass is 448 g/mol. The van der Waals surface area contributed by atoms with Crippen molar-refractivity contribution in [3.05, 3.63) is 35.1 Å². The van der Waals surface area contributed by atoms with Crippen molar-refractivity contribution < 1.29 is 4.39 Å². The first-order valence-corrected chi connectivity index (χ1v) is 8.68. The summed E-state index contributed by atoms with van der Waals surface area (Å²) in [5, 5.41) is 6.64. The number of guanidine groups is 1. The second kappa shape index (κ2) is 11.6. The molecule has 1 fully saturated rings. The SMILES string of the molecule is CCNC(=NCc1ccc(F)c(C)c1)NCCCN1CCCC1.I. The Morgan fingerprint density at radius 1 is 1.25 bits per heavy atom. The lowest BCUT2D eigenvalue weighted by molar-refractivity contribution is 0.334. The minimum absolute atomic E-state index is 0. The molecule has 1 aromatic carbocycles. The molecular formula is C18H30FIN4. The summed E-state index contributed by atoms with van der Waals surface area (Å²) in [6, 6.07) is 5.16. The average Bonchev–Trinajstić information content (AvgIpc) is 3.05. The van der Waals surface area contributed by atoms with E-state index < -0.39 is 0 Å². The van der Waals surface area contributed by atoms with Crippen LogP contribution < -0.4 is 10.6 Å². The van der Waals surface area contributed by atoms with Gasteiger partial charge in [0.1, 0.15) is 5.82 Å². The van der Waals surface area contributed by atoms with E-state index in [1.165, 1.54) is 32.0 Å². The van der Waals surface area contributed by atoms with E-state index >= 15 is 0 Å². The Kier molecular flexibility index (Phi) is 10.2. The van der Waals surface area contributed by atoms with Crippen molar-refractivity contribution in [2.75, 3.05) is 32.7 Å². The molecule has 4 nitrogen and oxygen atoms in total. The fourth-order valence-electron chi connectivity index (χ4n) is 2.83. The molecule has 0 amide bonds. The maximum absolute atomic E-state index is 13.3. The van der Waals surface area contributed by atoms with E-state index in [4.69, 9.17) is 0 Å². The first kappa shape index (κ1) is 21.2. The van der Waals surface area contributed by atoms with Crippen LogP contribution in [0.2, 0.25) is 0 Å². The topological polar surface area (TPSA) is 39.7 Å². The number of nitrogens with zero attached hydrogens (tertiary/aromatic N) is 2. The van der Waals surface area contributed by atoms with Gasteiger partial charge in [-0.15, -0.1) is 24.0 Å². The van der Waals surface area contributed by atoms with E-state index in [-0.39, 0.29) is 29.8 Å². The Morgan fingerprint density at radius 3 is 2.67 bits per heavy atom. The van der Waals surface area contributed by atoms with Crippen molar-refractivity contribution in [1.29, 1.82) is 0 Å². The highest BCUT2D eigenvalue weighted by Gasteiger charge is 2.10. The van der Waals surface area contributed by atoms with Gasteiger partial charge in [-0.2, -0.15) is 0 Å².